The summed E-state index contributed by atoms with van der Waals surface area (Å²) in [6.07, 6.45) is 0.759. The monoisotopic (exact) mass is 300 g/mol. The highest BCUT2D eigenvalue weighted by Gasteiger charge is 2.03. The minimum atomic E-state index is -1.50. The van der Waals surface area contributed by atoms with Gasteiger partial charge < -0.3 is 26.1 Å². The first kappa shape index (κ1) is 18.3. The Bertz CT molecular complexity index is 471. The largest absolute Gasteiger partial charge is 0.493 e. The van der Waals surface area contributed by atoms with Gasteiger partial charge in [0.25, 0.3) is 5.09 Å². The van der Waals surface area contributed by atoms with Crippen molar-refractivity contribution in [3.8, 4) is 11.5 Å². The minimum absolute atomic E-state index is 0.109. The second kappa shape index (κ2) is 10.1. The zero-order chi connectivity index (χ0) is 16.3. The second-order valence-corrected chi connectivity index (χ2v) is 3.90. The Labute approximate surface area is 122 Å². The summed E-state index contributed by atoms with van der Waals surface area (Å²) < 4.78 is 10.8. The molecule has 21 heavy (non-hydrogen) atoms. The average molecular weight is 300 g/mol. The van der Waals surface area contributed by atoms with Crippen LogP contribution in [-0.4, -0.2) is 36.5 Å². The van der Waals surface area contributed by atoms with Gasteiger partial charge in [0.05, 0.1) is 13.7 Å². The molecule has 0 saturated carbocycles. The van der Waals surface area contributed by atoms with Crippen molar-refractivity contribution in [3.63, 3.8) is 0 Å². The van der Waals surface area contributed by atoms with Crippen LogP contribution in [-0.2, 0) is 0 Å². The summed E-state index contributed by atoms with van der Waals surface area (Å²) in [5.41, 5.74) is 11.6. The number of methoxy groups -OCH3 is 1. The molecule has 0 atom stereocenters. The van der Waals surface area contributed by atoms with E-state index in [1.54, 1.807) is 7.11 Å². The lowest BCUT2D eigenvalue weighted by Gasteiger charge is -2.10. The Kier molecular flexibility index (Phi) is 8.82. The molecule has 0 radical (unpaired) electrons. The normalized spacial score (nSPS) is 9.05. The highest BCUT2D eigenvalue weighted by Crippen LogP contribution is 2.27. The molecule has 0 fully saturated rings. The molecular weight excluding hydrogens is 280 g/mol. The number of aryl methyl sites for hydroxylation is 1. The minimum Gasteiger partial charge on any atom is -0.493 e. The van der Waals surface area contributed by atoms with Gasteiger partial charge in [-0.05, 0) is 24.6 Å². The maximum absolute atomic E-state index is 8.36. The number of guanidine groups is 1. The van der Waals surface area contributed by atoms with Crippen LogP contribution in [0.5, 0.6) is 11.5 Å². The van der Waals surface area contributed by atoms with Crippen LogP contribution in [0.25, 0.3) is 0 Å². The number of nitrogens with two attached hydrogens (primary N) is 2. The van der Waals surface area contributed by atoms with Gasteiger partial charge in [-0.2, -0.15) is 0 Å². The molecule has 0 bridgehead atoms. The summed E-state index contributed by atoms with van der Waals surface area (Å²) in [7, 11) is 1.63. The van der Waals surface area contributed by atoms with Crippen molar-refractivity contribution in [3.05, 3.63) is 33.9 Å². The first-order valence-corrected chi connectivity index (χ1v) is 6.03. The third kappa shape index (κ3) is 9.82. The predicted molar refractivity (Wildman–Crippen MR) is 77.3 cm³/mol. The van der Waals surface area contributed by atoms with Crippen molar-refractivity contribution >= 4 is 5.96 Å². The molecule has 1 rings (SSSR count). The van der Waals surface area contributed by atoms with Gasteiger partial charge in [0.1, 0.15) is 0 Å². The zero-order valence-electron chi connectivity index (χ0n) is 12.0. The molecule has 9 nitrogen and oxygen atoms in total. The van der Waals surface area contributed by atoms with E-state index in [9.17, 15) is 0 Å². The van der Waals surface area contributed by atoms with E-state index in [0.717, 1.165) is 23.5 Å². The highest BCUT2D eigenvalue weighted by atomic mass is 16.9. The van der Waals surface area contributed by atoms with Gasteiger partial charge in [0.2, 0.25) is 0 Å². The third-order valence-corrected chi connectivity index (χ3v) is 2.17. The molecule has 1 aromatic rings. The van der Waals surface area contributed by atoms with Crippen LogP contribution in [0.3, 0.4) is 0 Å². The van der Waals surface area contributed by atoms with E-state index in [1.807, 2.05) is 25.1 Å². The SMILES string of the molecule is COc1cc(C)ccc1OCCCN=C(N)N.O=[N+]([O-])O. The van der Waals surface area contributed by atoms with Crippen LogP contribution >= 0.6 is 0 Å². The summed E-state index contributed by atoms with van der Waals surface area (Å²) in [6.45, 7) is 3.12. The van der Waals surface area contributed by atoms with E-state index in [1.165, 1.54) is 0 Å². The average Bonchev–Trinajstić information content (AvgIpc) is 2.38. The number of rotatable bonds is 6. The predicted octanol–water partition coefficient (Wildman–Crippen LogP) is 0.698. The van der Waals surface area contributed by atoms with Crippen molar-refractivity contribution in [1.29, 1.82) is 0 Å². The molecule has 0 aliphatic heterocycles. The topological polar surface area (TPSA) is 146 Å². The number of hydrogen-bond acceptors (Lipinski definition) is 5. The molecule has 0 unspecified atom stereocenters. The quantitative estimate of drug-likeness (QED) is 0.230. The van der Waals surface area contributed by atoms with Gasteiger partial charge in [-0.3, -0.25) is 4.99 Å². The molecule has 5 N–H and O–H groups in total. The van der Waals surface area contributed by atoms with E-state index >= 15 is 0 Å². The third-order valence-electron chi connectivity index (χ3n) is 2.17. The van der Waals surface area contributed by atoms with Gasteiger partial charge in [0.15, 0.2) is 17.5 Å². The molecule has 0 amide bonds. The van der Waals surface area contributed by atoms with Crippen LogP contribution in [0.15, 0.2) is 23.2 Å². The van der Waals surface area contributed by atoms with E-state index in [0.29, 0.717) is 13.2 Å². The molecule has 0 aliphatic carbocycles. The standard InChI is InChI=1S/C12H19N3O2.HNO3/c1-9-4-5-10(11(8-9)16-2)17-7-3-6-15-12(13)14;2-1(3)4/h4-5,8H,3,6-7H2,1-2H3,(H4,13,14,15);(H,2,3,4). The molecule has 0 spiro atoms. The molecule has 1 aromatic carbocycles. The Hall–Kier alpha value is -2.71. The Balaban J connectivity index is 0.000000885. The van der Waals surface area contributed by atoms with E-state index < -0.39 is 5.09 Å². The Morgan fingerprint density at radius 2 is 2.05 bits per heavy atom. The van der Waals surface area contributed by atoms with Crippen LogP contribution in [0.4, 0.5) is 0 Å². The Morgan fingerprint density at radius 1 is 1.43 bits per heavy atom. The summed E-state index contributed by atoms with van der Waals surface area (Å²) in [4.78, 5) is 12.2. The first-order chi connectivity index (χ1) is 9.86. The molecule has 0 heterocycles. The summed E-state index contributed by atoms with van der Waals surface area (Å²) in [6, 6.07) is 5.81. The molecular formula is C12H20N4O5. The fourth-order valence-electron chi connectivity index (χ4n) is 1.35. The van der Waals surface area contributed by atoms with Crippen molar-refractivity contribution in [2.75, 3.05) is 20.3 Å². The van der Waals surface area contributed by atoms with E-state index in [2.05, 4.69) is 4.99 Å². The lowest BCUT2D eigenvalue weighted by molar-refractivity contribution is -0.742. The lowest BCUT2D eigenvalue weighted by Crippen LogP contribution is -2.23. The van der Waals surface area contributed by atoms with Crippen LogP contribution in [0.2, 0.25) is 0 Å². The van der Waals surface area contributed by atoms with E-state index in [-0.39, 0.29) is 5.96 Å². The lowest BCUT2D eigenvalue weighted by atomic mass is 10.2. The first-order valence-electron chi connectivity index (χ1n) is 6.03. The van der Waals surface area contributed by atoms with Gasteiger partial charge in [-0.25, -0.2) is 0 Å². The Morgan fingerprint density at radius 3 is 2.57 bits per heavy atom. The summed E-state index contributed by atoms with van der Waals surface area (Å²) in [5, 5.41) is 13.6. The van der Waals surface area contributed by atoms with Gasteiger partial charge >= 0.3 is 0 Å². The maximum Gasteiger partial charge on any atom is 0.291 e. The number of aliphatic imine (C=N–C) groups is 1. The van der Waals surface area contributed by atoms with Gasteiger partial charge in [-0.1, -0.05) is 6.07 Å². The molecule has 118 valence electrons. The van der Waals surface area contributed by atoms with Crippen molar-refractivity contribution in [2.45, 2.75) is 13.3 Å². The second-order valence-electron chi connectivity index (χ2n) is 3.90. The molecule has 0 aromatic heterocycles. The zero-order valence-corrected chi connectivity index (χ0v) is 12.0. The summed E-state index contributed by atoms with van der Waals surface area (Å²) in [5.74, 6) is 1.59. The van der Waals surface area contributed by atoms with E-state index in [4.69, 9.17) is 36.3 Å². The van der Waals surface area contributed by atoms with Crippen molar-refractivity contribution in [1.82, 2.24) is 0 Å². The number of benzene rings is 1. The number of ether oxygens (including phenoxy) is 2. The van der Waals surface area contributed by atoms with Gasteiger partial charge in [0, 0.05) is 13.0 Å². The van der Waals surface area contributed by atoms with Crippen molar-refractivity contribution in [2.24, 2.45) is 16.5 Å². The molecule has 0 saturated heterocycles. The van der Waals surface area contributed by atoms with Crippen LogP contribution < -0.4 is 20.9 Å². The molecule has 0 aliphatic rings. The smallest absolute Gasteiger partial charge is 0.291 e. The molecule has 9 heteroatoms. The van der Waals surface area contributed by atoms with Crippen molar-refractivity contribution < 1.29 is 19.8 Å². The number of hydrogen-bond donors (Lipinski definition) is 3. The number of nitrogens with zero attached hydrogens (tertiary/aromatic N) is 2. The van der Waals surface area contributed by atoms with Gasteiger partial charge in [-0.15, -0.1) is 10.1 Å². The van der Waals surface area contributed by atoms with Crippen LogP contribution in [0, 0.1) is 17.0 Å². The maximum atomic E-state index is 8.36. The fraction of sp³-hybridized carbons (Fsp3) is 0.417. The highest BCUT2D eigenvalue weighted by molar-refractivity contribution is 5.75. The fourth-order valence-corrected chi connectivity index (χ4v) is 1.35. The summed E-state index contributed by atoms with van der Waals surface area (Å²) >= 11 is 0. The van der Waals surface area contributed by atoms with Crippen LogP contribution in [0.1, 0.15) is 12.0 Å².